The molecule has 0 saturated heterocycles. The number of hydrogen-bond donors (Lipinski definition) is 1. The van der Waals surface area contributed by atoms with Crippen LogP contribution in [0.2, 0.25) is 0 Å². The molecule has 0 fully saturated rings. The van der Waals surface area contributed by atoms with Gasteiger partial charge in [0, 0.05) is 12.5 Å². The van der Waals surface area contributed by atoms with Crippen molar-refractivity contribution >= 4 is 22.4 Å². The van der Waals surface area contributed by atoms with Gasteiger partial charge in [-0.15, -0.1) is 0 Å². The monoisotopic (exact) mass is 292 g/mol. The number of hydrogen-bond acceptors (Lipinski definition) is 5. The highest BCUT2D eigenvalue weighted by atomic mass is 32.1. The van der Waals surface area contributed by atoms with Crippen LogP contribution in [0.15, 0.2) is 18.2 Å². The van der Waals surface area contributed by atoms with Crippen LogP contribution in [0.3, 0.4) is 0 Å². The third-order valence-corrected chi connectivity index (χ3v) is 3.83. The van der Waals surface area contributed by atoms with E-state index >= 15 is 0 Å². The van der Waals surface area contributed by atoms with E-state index in [9.17, 15) is 4.79 Å². The molecule has 0 radical (unpaired) electrons. The smallest absolute Gasteiger partial charge is 0.223 e. The van der Waals surface area contributed by atoms with Crippen molar-refractivity contribution in [1.29, 1.82) is 0 Å². The molecule has 6 heteroatoms. The lowest BCUT2D eigenvalue weighted by atomic mass is 10.1. The van der Waals surface area contributed by atoms with Crippen molar-refractivity contribution in [1.82, 2.24) is 4.98 Å². The number of aromatic nitrogens is 1. The first-order chi connectivity index (χ1) is 9.56. The Bertz CT molecular complexity index is 637. The van der Waals surface area contributed by atoms with Crippen LogP contribution < -0.4 is 14.8 Å². The number of para-hydroxylation sites is 1. The van der Waals surface area contributed by atoms with Gasteiger partial charge in [-0.3, -0.25) is 4.79 Å². The summed E-state index contributed by atoms with van der Waals surface area (Å²) in [4.78, 5) is 16.4. The van der Waals surface area contributed by atoms with Crippen molar-refractivity contribution in [2.24, 2.45) is 0 Å². The number of carbonyl (C=O) groups is 1. The molecule has 20 heavy (non-hydrogen) atoms. The molecule has 0 atom stereocenters. The Labute approximate surface area is 121 Å². The minimum atomic E-state index is -0.136. The summed E-state index contributed by atoms with van der Waals surface area (Å²) in [6.07, 6.45) is 0. The SMILES string of the molecule is COc1cccc(-c2sc(NC(C)=O)nc2C)c1OC. The Morgan fingerprint density at radius 1 is 1.30 bits per heavy atom. The van der Waals surface area contributed by atoms with E-state index in [0.717, 1.165) is 16.1 Å². The molecule has 2 aromatic rings. The molecule has 1 N–H and O–H groups in total. The minimum Gasteiger partial charge on any atom is -0.493 e. The average Bonchev–Trinajstić information content (AvgIpc) is 2.77. The fraction of sp³-hybridized carbons (Fsp3) is 0.286. The Hall–Kier alpha value is -2.08. The molecule has 1 heterocycles. The van der Waals surface area contributed by atoms with Crippen molar-refractivity contribution < 1.29 is 14.3 Å². The van der Waals surface area contributed by atoms with E-state index in [1.54, 1.807) is 14.2 Å². The van der Waals surface area contributed by atoms with E-state index in [4.69, 9.17) is 9.47 Å². The van der Waals surface area contributed by atoms with Gasteiger partial charge in [0.15, 0.2) is 16.6 Å². The Morgan fingerprint density at radius 3 is 2.65 bits per heavy atom. The summed E-state index contributed by atoms with van der Waals surface area (Å²) in [5.41, 5.74) is 1.74. The van der Waals surface area contributed by atoms with Gasteiger partial charge in [0.1, 0.15) is 0 Å². The van der Waals surface area contributed by atoms with Gasteiger partial charge in [0.2, 0.25) is 5.91 Å². The van der Waals surface area contributed by atoms with Crippen molar-refractivity contribution in [2.45, 2.75) is 13.8 Å². The Morgan fingerprint density at radius 2 is 2.05 bits per heavy atom. The zero-order chi connectivity index (χ0) is 14.7. The maximum absolute atomic E-state index is 11.1. The number of nitrogens with zero attached hydrogens (tertiary/aromatic N) is 1. The summed E-state index contributed by atoms with van der Waals surface area (Å²) in [5.74, 6) is 1.19. The fourth-order valence-electron chi connectivity index (χ4n) is 1.92. The quantitative estimate of drug-likeness (QED) is 0.940. The maximum Gasteiger partial charge on any atom is 0.223 e. The highest BCUT2D eigenvalue weighted by Crippen LogP contribution is 2.42. The number of ether oxygens (including phenoxy) is 2. The van der Waals surface area contributed by atoms with E-state index in [2.05, 4.69) is 10.3 Å². The van der Waals surface area contributed by atoms with Gasteiger partial charge in [-0.2, -0.15) is 0 Å². The number of anilines is 1. The molecule has 1 aromatic heterocycles. The number of nitrogens with one attached hydrogen (secondary N) is 1. The van der Waals surface area contributed by atoms with Crippen LogP contribution in [-0.4, -0.2) is 25.1 Å². The van der Waals surface area contributed by atoms with E-state index in [1.807, 2.05) is 25.1 Å². The van der Waals surface area contributed by atoms with Crippen LogP contribution in [-0.2, 0) is 4.79 Å². The molecule has 106 valence electrons. The van der Waals surface area contributed by atoms with Gasteiger partial charge in [-0.25, -0.2) is 4.98 Å². The van der Waals surface area contributed by atoms with E-state index < -0.39 is 0 Å². The number of methoxy groups -OCH3 is 2. The molecule has 0 unspecified atom stereocenters. The molecule has 0 aliphatic rings. The summed E-state index contributed by atoms with van der Waals surface area (Å²) < 4.78 is 10.7. The summed E-state index contributed by atoms with van der Waals surface area (Å²) >= 11 is 1.41. The largest absolute Gasteiger partial charge is 0.493 e. The van der Waals surface area contributed by atoms with Crippen LogP contribution in [0.25, 0.3) is 10.4 Å². The third-order valence-electron chi connectivity index (χ3n) is 2.73. The van der Waals surface area contributed by atoms with E-state index in [0.29, 0.717) is 16.6 Å². The fourth-order valence-corrected chi connectivity index (χ4v) is 2.95. The van der Waals surface area contributed by atoms with Gasteiger partial charge >= 0.3 is 0 Å². The van der Waals surface area contributed by atoms with Gasteiger partial charge in [0.05, 0.1) is 24.8 Å². The van der Waals surface area contributed by atoms with E-state index in [-0.39, 0.29) is 5.91 Å². The highest BCUT2D eigenvalue weighted by molar-refractivity contribution is 7.19. The average molecular weight is 292 g/mol. The lowest BCUT2D eigenvalue weighted by molar-refractivity contribution is -0.114. The first kappa shape index (κ1) is 14.3. The summed E-state index contributed by atoms with van der Waals surface area (Å²) in [6, 6.07) is 5.68. The highest BCUT2D eigenvalue weighted by Gasteiger charge is 2.17. The van der Waals surface area contributed by atoms with Crippen LogP contribution in [0.1, 0.15) is 12.6 Å². The summed E-state index contributed by atoms with van der Waals surface area (Å²) in [5, 5.41) is 3.28. The van der Waals surface area contributed by atoms with Gasteiger partial charge in [-0.1, -0.05) is 17.4 Å². The predicted octanol–water partition coefficient (Wildman–Crippen LogP) is 3.09. The molecule has 0 aliphatic carbocycles. The van der Waals surface area contributed by atoms with E-state index in [1.165, 1.54) is 18.3 Å². The number of benzene rings is 1. The number of thiazole rings is 1. The zero-order valence-corrected chi connectivity index (χ0v) is 12.6. The summed E-state index contributed by atoms with van der Waals surface area (Å²) in [7, 11) is 3.20. The summed E-state index contributed by atoms with van der Waals surface area (Å²) in [6.45, 7) is 3.36. The van der Waals surface area contributed by atoms with Crippen molar-refractivity contribution in [3.05, 3.63) is 23.9 Å². The van der Waals surface area contributed by atoms with Gasteiger partial charge in [-0.05, 0) is 19.1 Å². The second kappa shape index (κ2) is 5.92. The lowest BCUT2D eigenvalue weighted by Gasteiger charge is -2.11. The zero-order valence-electron chi connectivity index (χ0n) is 11.8. The molecule has 0 saturated carbocycles. The first-order valence-corrected chi connectivity index (χ1v) is 6.84. The molecule has 0 spiro atoms. The van der Waals surface area contributed by atoms with Crippen LogP contribution >= 0.6 is 11.3 Å². The molecule has 2 rings (SSSR count). The standard InChI is InChI=1S/C14H16N2O3S/c1-8-13(20-14(15-8)16-9(2)17)10-6-5-7-11(18-3)12(10)19-4/h5-7H,1-4H3,(H,15,16,17). The molecule has 1 amide bonds. The molecule has 1 aromatic carbocycles. The minimum absolute atomic E-state index is 0.136. The number of aryl methyl sites for hydroxylation is 1. The van der Waals surface area contributed by atoms with Gasteiger partial charge in [0.25, 0.3) is 0 Å². The Kier molecular flexibility index (Phi) is 4.24. The topological polar surface area (TPSA) is 60.5 Å². The number of amides is 1. The molecule has 0 bridgehead atoms. The van der Waals surface area contributed by atoms with Gasteiger partial charge < -0.3 is 14.8 Å². The van der Waals surface area contributed by atoms with Crippen molar-refractivity contribution in [3.8, 4) is 21.9 Å². The van der Waals surface area contributed by atoms with Crippen molar-refractivity contribution in [2.75, 3.05) is 19.5 Å². The van der Waals surface area contributed by atoms with Crippen molar-refractivity contribution in [3.63, 3.8) is 0 Å². The molecule has 0 aliphatic heterocycles. The first-order valence-electron chi connectivity index (χ1n) is 6.03. The number of carbonyl (C=O) groups excluding carboxylic acids is 1. The lowest BCUT2D eigenvalue weighted by Crippen LogP contribution is -2.04. The van der Waals surface area contributed by atoms with Crippen LogP contribution in [0, 0.1) is 6.92 Å². The maximum atomic E-state index is 11.1. The second-order valence-corrected chi connectivity index (χ2v) is 5.15. The van der Waals surface area contributed by atoms with Crippen LogP contribution in [0.4, 0.5) is 5.13 Å². The number of rotatable bonds is 4. The normalized spacial score (nSPS) is 10.2. The van der Waals surface area contributed by atoms with Crippen LogP contribution in [0.5, 0.6) is 11.5 Å². The third kappa shape index (κ3) is 2.75. The molecular formula is C14H16N2O3S. The molecule has 5 nitrogen and oxygen atoms in total. The molecular weight excluding hydrogens is 276 g/mol. The second-order valence-electron chi connectivity index (χ2n) is 4.16. The Balaban J connectivity index is 2.51. The predicted molar refractivity (Wildman–Crippen MR) is 79.7 cm³/mol.